The SMILES string of the molecule is COc1ccc(CCNC(=O)c2ccccc2N(C)C(=O)C2CCC(N)C2)cc1. The fourth-order valence-electron chi connectivity index (χ4n) is 3.80. The Morgan fingerprint density at radius 1 is 1.14 bits per heavy atom. The number of hydrogen-bond donors (Lipinski definition) is 2. The predicted molar refractivity (Wildman–Crippen MR) is 114 cm³/mol. The van der Waals surface area contributed by atoms with Gasteiger partial charge >= 0.3 is 0 Å². The van der Waals surface area contributed by atoms with E-state index in [9.17, 15) is 9.59 Å². The van der Waals surface area contributed by atoms with Gasteiger partial charge in [-0.3, -0.25) is 9.59 Å². The van der Waals surface area contributed by atoms with Gasteiger partial charge in [-0.15, -0.1) is 0 Å². The molecule has 0 aromatic heterocycles. The average molecular weight is 396 g/mol. The smallest absolute Gasteiger partial charge is 0.253 e. The Hall–Kier alpha value is -2.86. The maximum atomic E-state index is 12.8. The van der Waals surface area contributed by atoms with Crippen LogP contribution < -0.4 is 20.7 Å². The van der Waals surface area contributed by atoms with Gasteiger partial charge in [0.15, 0.2) is 0 Å². The molecule has 1 aliphatic rings. The fraction of sp³-hybridized carbons (Fsp3) is 0.391. The Labute approximate surface area is 172 Å². The quantitative estimate of drug-likeness (QED) is 0.755. The van der Waals surface area contributed by atoms with Crippen molar-refractivity contribution in [3.05, 3.63) is 59.7 Å². The number of nitrogens with zero attached hydrogens (tertiary/aromatic N) is 1. The summed E-state index contributed by atoms with van der Waals surface area (Å²) >= 11 is 0. The molecule has 154 valence electrons. The lowest BCUT2D eigenvalue weighted by Crippen LogP contribution is -2.35. The molecular weight excluding hydrogens is 366 g/mol. The summed E-state index contributed by atoms with van der Waals surface area (Å²) in [5.74, 6) is 0.581. The van der Waals surface area contributed by atoms with E-state index in [0.29, 0.717) is 30.6 Å². The molecule has 2 atom stereocenters. The molecule has 0 heterocycles. The van der Waals surface area contributed by atoms with Crippen LogP contribution in [0, 0.1) is 5.92 Å². The molecule has 29 heavy (non-hydrogen) atoms. The normalized spacial score (nSPS) is 18.3. The molecule has 2 aromatic rings. The van der Waals surface area contributed by atoms with Crippen molar-refractivity contribution < 1.29 is 14.3 Å². The lowest BCUT2D eigenvalue weighted by Gasteiger charge is -2.23. The zero-order chi connectivity index (χ0) is 20.8. The van der Waals surface area contributed by atoms with Gasteiger partial charge in [0.05, 0.1) is 18.4 Å². The van der Waals surface area contributed by atoms with E-state index >= 15 is 0 Å². The second-order valence-electron chi connectivity index (χ2n) is 7.54. The monoisotopic (exact) mass is 395 g/mol. The van der Waals surface area contributed by atoms with E-state index in [2.05, 4.69) is 5.32 Å². The first kappa shape index (κ1) is 20.9. The lowest BCUT2D eigenvalue weighted by molar-refractivity contribution is -0.121. The summed E-state index contributed by atoms with van der Waals surface area (Å²) in [6, 6.07) is 15.1. The Bertz CT molecular complexity index is 851. The van der Waals surface area contributed by atoms with Crippen molar-refractivity contribution in [2.45, 2.75) is 31.7 Å². The van der Waals surface area contributed by atoms with Crippen molar-refractivity contribution >= 4 is 17.5 Å². The number of carbonyl (C=O) groups is 2. The zero-order valence-electron chi connectivity index (χ0n) is 17.1. The Balaban J connectivity index is 1.62. The Morgan fingerprint density at radius 3 is 2.52 bits per heavy atom. The molecule has 1 saturated carbocycles. The highest BCUT2D eigenvalue weighted by atomic mass is 16.5. The number of methoxy groups -OCH3 is 1. The highest BCUT2D eigenvalue weighted by Gasteiger charge is 2.31. The summed E-state index contributed by atoms with van der Waals surface area (Å²) < 4.78 is 5.16. The average Bonchev–Trinajstić information content (AvgIpc) is 3.19. The largest absolute Gasteiger partial charge is 0.497 e. The van der Waals surface area contributed by atoms with Crippen LogP contribution in [0.15, 0.2) is 48.5 Å². The number of nitrogens with one attached hydrogen (secondary N) is 1. The van der Waals surface area contributed by atoms with Crippen molar-refractivity contribution in [3.8, 4) is 5.75 Å². The summed E-state index contributed by atoms with van der Waals surface area (Å²) in [6.07, 6.45) is 3.10. The van der Waals surface area contributed by atoms with E-state index in [1.807, 2.05) is 42.5 Å². The molecule has 3 N–H and O–H groups in total. The third-order valence-electron chi connectivity index (χ3n) is 5.52. The Morgan fingerprint density at radius 2 is 1.86 bits per heavy atom. The number of amides is 2. The van der Waals surface area contributed by atoms with Crippen LogP contribution in [-0.2, 0) is 11.2 Å². The van der Waals surface area contributed by atoms with Gasteiger partial charge in [-0.1, -0.05) is 24.3 Å². The number of carbonyl (C=O) groups excluding carboxylic acids is 2. The first-order valence-corrected chi connectivity index (χ1v) is 10.0. The number of nitrogens with two attached hydrogens (primary N) is 1. The van der Waals surface area contributed by atoms with E-state index < -0.39 is 0 Å². The van der Waals surface area contributed by atoms with Gasteiger partial charge in [-0.25, -0.2) is 0 Å². The second kappa shape index (κ2) is 9.56. The third kappa shape index (κ3) is 5.15. The molecule has 0 bridgehead atoms. The molecular formula is C23H29N3O3. The molecule has 6 heteroatoms. The van der Waals surface area contributed by atoms with Crippen LogP contribution in [0.4, 0.5) is 5.69 Å². The minimum Gasteiger partial charge on any atom is -0.497 e. The Kier molecular flexibility index (Phi) is 6.88. The number of benzene rings is 2. The van der Waals surface area contributed by atoms with Crippen LogP contribution in [0.1, 0.15) is 35.2 Å². The van der Waals surface area contributed by atoms with Gasteiger partial charge in [0.1, 0.15) is 5.75 Å². The highest BCUT2D eigenvalue weighted by Crippen LogP contribution is 2.29. The van der Waals surface area contributed by atoms with Crippen molar-refractivity contribution in [2.24, 2.45) is 11.7 Å². The highest BCUT2D eigenvalue weighted by molar-refractivity contribution is 6.05. The van der Waals surface area contributed by atoms with Crippen molar-refractivity contribution in [3.63, 3.8) is 0 Å². The standard InChI is InChI=1S/C23H29N3O3/c1-26(23(28)17-9-10-18(24)15-17)21-6-4-3-5-20(21)22(27)25-14-13-16-7-11-19(29-2)12-8-16/h3-8,11-12,17-18H,9-10,13-15,24H2,1-2H3,(H,25,27). The van der Waals surface area contributed by atoms with Crippen molar-refractivity contribution in [2.75, 3.05) is 25.6 Å². The summed E-state index contributed by atoms with van der Waals surface area (Å²) in [5, 5.41) is 2.96. The molecule has 3 rings (SSSR count). The molecule has 2 aromatic carbocycles. The first-order chi connectivity index (χ1) is 14.0. The number of para-hydroxylation sites is 1. The summed E-state index contributed by atoms with van der Waals surface area (Å²) in [4.78, 5) is 27.2. The molecule has 0 spiro atoms. The van der Waals surface area contributed by atoms with Crippen molar-refractivity contribution in [1.29, 1.82) is 0 Å². The van der Waals surface area contributed by atoms with Crippen LogP contribution in [-0.4, -0.2) is 38.6 Å². The molecule has 0 aliphatic heterocycles. The van der Waals surface area contributed by atoms with Crippen LogP contribution >= 0.6 is 0 Å². The van der Waals surface area contributed by atoms with Gasteiger partial charge in [-0.05, 0) is 55.5 Å². The van der Waals surface area contributed by atoms with E-state index in [1.54, 1.807) is 25.1 Å². The second-order valence-corrected chi connectivity index (χ2v) is 7.54. The third-order valence-corrected chi connectivity index (χ3v) is 5.52. The topological polar surface area (TPSA) is 84.7 Å². The molecule has 1 fully saturated rings. The lowest BCUT2D eigenvalue weighted by atomic mass is 10.0. The van der Waals surface area contributed by atoms with Crippen LogP contribution in [0.25, 0.3) is 0 Å². The first-order valence-electron chi connectivity index (χ1n) is 10.0. The number of ether oxygens (including phenoxy) is 1. The minimum absolute atomic E-state index is 0.0245. The maximum Gasteiger partial charge on any atom is 0.253 e. The van der Waals surface area contributed by atoms with Crippen molar-refractivity contribution in [1.82, 2.24) is 5.32 Å². The van der Waals surface area contributed by atoms with Crippen LogP contribution in [0.2, 0.25) is 0 Å². The molecule has 6 nitrogen and oxygen atoms in total. The van der Waals surface area contributed by atoms with E-state index in [-0.39, 0.29) is 23.8 Å². The van der Waals surface area contributed by atoms with E-state index in [0.717, 1.165) is 24.2 Å². The molecule has 0 saturated heterocycles. The van der Waals surface area contributed by atoms with Gasteiger partial charge in [0, 0.05) is 25.6 Å². The predicted octanol–water partition coefficient (Wildman–Crippen LogP) is 2.76. The molecule has 2 amide bonds. The maximum absolute atomic E-state index is 12.8. The van der Waals surface area contributed by atoms with Crippen LogP contribution in [0.3, 0.4) is 0 Å². The van der Waals surface area contributed by atoms with E-state index in [4.69, 9.17) is 10.5 Å². The fourth-order valence-corrected chi connectivity index (χ4v) is 3.80. The molecule has 2 unspecified atom stereocenters. The number of anilines is 1. The van der Waals surface area contributed by atoms with Gasteiger partial charge < -0.3 is 20.7 Å². The minimum atomic E-state index is -0.183. The summed E-state index contributed by atoms with van der Waals surface area (Å²) in [5.41, 5.74) is 8.20. The number of rotatable bonds is 7. The van der Waals surface area contributed by atoms with E-state index in [1.165, 1.54) is 0 Å². The van der Waals surface area contributed by atoms with Gasteiger partial charge in [0.2, 0.25) is 5.91 Å². The van der Waals surface area contributed by atoms with Crippen LogP contribution in [0.5, 0.6) is 5.75 Å². The molecule has 1 aliphatic carbocycles. The van der Waals surface area contributed by atoms with Gasteiger partial charge in [-0.2, -0.15) is 0 Å². The molecule has 0 radical (unpaired) electrons. The zero-order valence-corrected chi connectivity index (χ0v) is 17.1. The number of hydrogen-bond acceptors (Lipinski definition) is 4. The van der Waals surface area contributed by atoms with Gasteiger partial charge in [0.25, 0.3) is 5.91 Å². The summed E-state index contributed by atoms with van der Waals surface area (Å²) in [6.45, 7) is 0.509. The summed E-state index contributed by atoms with van der Waals surface area (Å²) in [7, 11) is 3.37.